The van der Waals surface area contributed by atoms with Crippen LogP contribution in [0.25, 0.3) is 22.3 Å². The van der Waals surface area contributed by atoms with Crippen LogP contribution in [0, 0.1) is 29.5 Å². The van der Waals surface area contributed by atoms with Crippen molar-refractivity contribution in [3.63, 3.8) is 0 Å². The van der Waals surface area contributed by atoms with Crippen LogP contribution in [0.15, 0.2) is 73.2 Å². The zero-order chi connectivity index (χ0) is 51.3. The fourth-order valence-electron chi connectivity index (χ4n) is 14.1. The van der Waals surface area contributed by atoms with Crippen LogP contribution in [-0.2, 0) is 29.4 Å². The molecule has 2 aromatic carbocycles. The maximum Gasteiger partial charge on any atom is 0.238 e. The molecule has 17 heteroatoms. The summed E-state index contributed by atoms with van der Waals surface area (Å²) in [5.74, 6) is 0.767. The molecule has 13 rings (SSSR count). The van der Waals surface area contributed by atoms with Crippen LogP contribution in [0.4, 0.5) is 27.4 Å². The lowest BCUT2D eigenvalue weighted by molar-refractivity contribution is -0.140. The topological polar surface area (TPSA) is 169 Å². The Morgan fingerprint density at radius 2 is 1.57 bits per heavy atom. The first kappa shape index (κ1) is 47.9. The predicted octanol–water partition coefficient (Wildman–Crippen LogP) is 7.32. The molecule has 9 heterocycles. The summed E-state index contributed by atoms with van der Waals surface area (Å²) in [5.41, 5.74) is 5.41. The van der Waals surface area contributed by atoms with Gasteiger partial charge in [-0.3, -0.25) is 29.3 Å². The van der Waals surface area contributed by atoms with Crippen LogP contribution in [0.5, 0.6) is 0 Å². The van der Waals surface area contributed by atoms with Crippen LogP contribution < -0.4 is 20.4 Å². The molecule has 75 heavy (non-hydrogen) atoms. The van der Waals surface area contributed by atoms with Gasteiger partial charge in [0.15, 0.2) is 5.82 Å². The van der Waals surface area contributed by atoms with Crippen LogP contribution in [0.2, 0.25) is 0 Å². The zero-order valence-electron chi connectivity index (χ0n) is 42.9. The number of fused-ring (bicyclic) bond motifs is 4. The van der Waals surface area contributed by atoms with Gasteiger partial charge in [-0.05, 0) is 138 Å². The van der Waals surface area contributed by atoms with Crippen LogP contribution in [0.3, 0.4) is 0 Å². The minimum absolute atomic E-state index is 0.0680. The number of nitrogens with zero attached hydrogens (tertiary/aromatic N) is 9. The number of piperidine rings is 5. The quantitative estimate of drug-likeness (QED) is 0.135. The summed E-state index contributed by atoms with van der Waals surface area (Å²) >= 11 is 0. The van der Waals surface area contributed by atoms with Crippen molar-refractivity contribution in [2.24, 2.45) is 23.7 Å². The summed E-state index contributed by atoms with van der Waals surface area (Å²) in [5, 5.41) is 5.71. The van der Waals surface area contributed by atoms with Crippen molar-refractivity contribution in [3.8, 4) is 11.3 Å². The normalized spacial score (nSPS) is 26.7. The van der Waals surface area contributed by atoms with Gasteiger partial charge in [0.2, 0.25) is 29.5 Å². The number of hydrogen-bond donors (Lipinski definition) is 2. The summed E-state index contributed by atoms with van der Waals surface area (Å²) in [6.45, 7) is 10.1. The molecule has 5 amide bonds. The lowest BCUT2D eigenvalue weighted by atomic mass is 9.73. The molecule has 16 nitrogen and oxygen atoms in total. The first-order chi connectivity index (χ1) is 36.4. The van der Waals surface area contributed by atoms with Gasteiger partial charge in [-0.25, -0.2) is 19.3 Å². The molecule has 0 radical (unpaired) electrons. The van der Waals surface area contributed by atoms with Crippen molar-refractivity contribution in [3.05, 3.63) is 90.1 Å². The van der Waals surface area contributed by atoms with E-state index < -0.39 is 5.41 Å². The van der Waals surface area contributed by atoms with Crippen LogP contribution >= 0.6 is 0 Å². The van der Waals surface area contributed by atoms with Gasteiger partial charge in [0.05, 0.1) is 34.6 Å². The van der Waals surface area contributed by atoms with E-state index in [0.29, 0.717) is 88.2 Å². The number of carbonyl (C=O) groups is 5. The third-order valence-corrected chi connectivity index (χ3v) is 18.6. The van der Waals surface area contributed by atoms with Crippen LogP contribution in [0.1, 0.15) is 108 Å². The monoisotopic (exact) mass is 1020 g/mol. The van der Waals surface area contributed by atoms with Crippen molar-refractivity contribution in [1.82, 2.24) is 39.5 Å². The summed E-state index contributed by atoms with van der Waals surface area (Å²) in [6, 6.07) is 19.4. The molecule has 2 saturated carbocycles. The highest BCUT2D eigenvalue weighted by Gasteiger charge is 2.62. The number of likely N-dealkylation sites (tertiary alicyclic amines) is 3. The lowest BCUT2D eigenvalue weighted by Crippen LogP contribution is -2.58. The number of amides is 5. The number of rotatable bonds is 10. The number of imidazole rings is 1. The second-order valence-corrected chi connectivity index (χ2v) is 23.1. The maximum atomic E-state index is 15.3. The molecule has 1 spiro atoms. The fourth-order valence-corrected chi connectivity index (χ4v) is 14.1. The van der Waals surface area contributed by atoms with Gasteiger partial charge in [0.1, 0.15) is 17.2 Å². The molecule has 5 saturated heterocycles. The third kappa shape index (κ3) is 8.34. The average molecular weight is 1020 g/mol. The Kier molecular flexibility index (Phi) is 12.0. The highest BCUT2D eigenvalue weighted by atomic mass is 19.1. The molecule has 7 fully saturated rings. The first-order valence-electron chi connectivity index (χ1n) is 27.7. The Bertz CT molecular complexity index is 3080. The Morgan fingerprint density at radius 3 is 2.28 bits per heavy atom. The molecule has 6 aliphatic heterocycles. The number of halogens is 1. The van der Waals surface area contributed by atoms with E-state index in [9.17, 15) is 19.2 Å². The molecule has 5 aromatic rings. The molecule has 8 aliphatic rings. The highest BCUT2D eigenvalue weighted by molar-refractivity contribution is 6.10. The maximum absolute atomic E-state index is 15.3. The molecule has 3 aromatic heterocycles. The summed E-state index contributed by atoms with van der Waals surface area (Å²) in [4.78, 5) is 93.0. The van der Waals surface area contributed by atoms with Crippen molar-refractivity contribution in [2.45, 2.75) is 114 Å². The number of para-hydroxylation sites is 1. The van der Waals surface area contributed by atoms with Crippen molar-refractivity contribution < 1.29 is 28.4 Å². The van der Waals surface area contributed by atoms with Gasteiger partial charge < -0.3 is 34.4 Å². The summed E-state index contributed by atoms with van der Waals surface area (Å²) < 4.78 is 17.2. The lowest BCUT2D eigenvalue weighted by Gasteiger charge is -2.48. The number of imide groups is 1. The van der Waals surface area contributed by atoms with Crippen molar-refractivity contribution in [1.29, 1.82) is 0 Å². The highest BCUT2D eigenvalue weighted by Crippen LogP contribution is 2.56. The molecular formula is C58H66FN11O5. The molecule has 2 aliphatic carbocycles. The Hall–Kier alpha value is -6.75. The molecule has 3 atom stereocenters. The van der Waals surface area contributed by atoms with E-state index in [-0.39, 0.29) is 77.0 Å². The minimum Gasteiger partial charge on any atom is -0.357 e. The number of benzene rings is 2. The van der Waals surface area contributed by atoms with Gasteiger partial charge in [0, 0.05) is 93.1 Å². The van der Waals surface area contributed by atoms with Gasteiger partial charge in [0.25, 0.3) is 0 Å². The van der Waals surface area contributed by atoms with Crippen LogP contribution in [-0.4, -0.2) is 128 Å². The predicted molar refractivity (Wildman–Crippen MR) is 282 cm³/mol. The fraction of sp³-hybridized carbons (Fsp3) is 0.517. The number of anilines is 4. The van der Waals surface area contributed by atoms with E-state index in [2.05, 4.69) is 62.4 Å². The zero-order valence-corrected chi connectivity index (χ0v) is 42.9. The van der Waals surface area contributed by atoms with E-state index in [1.54, 1.807) is 30.7 Å². The second kappa shape index (κ2) is 18.8. The largest absolute Gasteiger partial charge is 0.357 e. The Balaban J connectivity index is 0.678. The number of hydrogen-bond acceptors (Lipinski definition) is 11. The van der Waals surface area contributed by atoms with Crippen molar-refractivity contribution in [2.75, 3.05) is 67.5 Å². The number of pyridine rings is 2. The van der Waals surface area contributed by atoms with E-state index in [1.807, 2.05) is 32.6 Å². The van der Waals surface area contributed by atoms with E-state index >= 15 is 9.18 Å². The second-order valence-electron chi connectivity index (χ2n) is 23.1. The molecule has 2 N–H and O–H groups in total. The molecule has 3 unspecified atom stereocenters. The molecule has 0 bridgehead atoms. The smallest absolute Gasteiger partial charge is 0.238 e. The first-order valence-corrected chi connectivity index (χ1v) is 27.7. The molecular weight excluding hydrogens is 950 g/mol. The number of carbonyl (C=O) groups excluding carboxylic acids is 5. The van der Waals surface area contributed by atoms with E-state index in [0.717, 1.165) is 78.0 Å². The Morgan fingerprint density at radius 1 is 0.813 bits per heavy atom. The summed E-state index contributed by atoms with van der Waals surface area (Å²) in [7, 11) is 0. The van der Waals surface area contributed by atoms with E-state index in [4.69, 9.17) is 9.97 Å². The van der Waals surface area contributed by atoms with Gasteiger partial charge in [-0.1, -0.05) is 36.8 Å². The third-order valence-electron chi connectivity index (χ3n) is 18.6. The minimum atomic E-state index is -0.737. The van der Waals surface area contributed by atoms with E-state index in [1.165, 1.54) is 25.3 Å². The average Bonchev–Trinajstić information content (AvgIpc) is 3.68. The van der Waals surface area contributed by atoms with Gasteiger partial charge in [-0.15, -0.1) is 0 Å². The summed E-state index contributed by atoms with van der Waals surface area (Å²) in [6.07, 6.45) is 12.5. The van der Waals surface area contributed by atoms with Gasteiger partial charge in [-0.2, -0.15) is 0 Å². The standard InChI is InChI=1S/C58H66FN11O5/c1-34(2)69-33-61-47-29-46(63-53(52(47)69)62-45-9-5-4-8-44(45)59)36-10-13-43-48(26-36)70(39-27-38(28-39)65-20-6-3-7-21-65)57(75)58(43)18-24-67(25-19-58)56(74)51-41-31-68(32-42(41)51)55(73)35-16-22-66(23-17-35)49-14-11-37(30-60-49)40-12-15-50(71)64-54(40)72/h4-5,8-11,13-14,26,29-30,33-35,38-42,51H,3,6-7,12,15-25,27-28,31-32H2,1-2H3,(H,62,63)(H,64,71,72). The Labute approximate surface area is 436 Å². The van der Waals surface area contributed by atoms with Gasteiger partial charge >= 0.3 is 0 Å². The number of aromatic nitrogens is 4. The molecule has 390 valence electrons. The number of nitrogens with one attached hydrogen (secondary N) is 2. The van der Waals surface area contributed by atoms with Crippen molar-refractivity contribution >= 4 is 63.6 Å². The SMILES string of the molecule is CC(C)n1cnc2cc(-c3ccc4c(c3)N(C3CC(N5CCCCC5)C3)C(=O)C43CCN(C(=O)C4C5CN(C(=O)C6CCN(c7ccc(C8CCC(=O)NC8=O)cn7)CC6)CC54)CC3)nc(Nc3ccccc3F)c21.